The van der Waals surface area contributed by atoms with Gasteiger partial charge in [-0.2, -0.15) is 8.78 Å². The first-order chi connectivity index (χ1) is 17.7. The SMILES string of the molecule is CCCCCCCCOC1(C(=O)C(C)CCCCCCC)C=CC(C(=O)O)=C(c2ccccc2)C1(F)F. The Hall–Kier alpha value is -2.34. The normalized spacial score (nSPS) is 19.7. The Kier molecular flexibility index (Phi) is 12.7. The van der Waals surface area contributed by atoms with E-state index in [2.05, 4.69) is 13.8 Å². The highest BCUT2D eigenvalue weighted by Gasteiger charge is 2.63. The minimum absolute atomic E-state index is 0.00545. The molecular weight excluding hydrogens is 474 g/mol. The third kappa shape index (κ3) is 7.83. The number of halogens is 2. The minimum atomic E-state index is -3.85. The predicted octanol–water partition coefficient (Wildman–Crippen LogP) is 8.41. The zero-order valence-electron chi connectivity index (χ0n) is 22.7. The van der Waals surface area contributed by atoms with Crippen LogP contribution in [0.1, 0.15) is 103 Å². The maximum atomic E-state index is 16.5. The van der Waals surface area contributed by atoms with Gasteiger partial charge in [0, 0.05) is 18.1 Å². The van der Waals surface area contributed by atoms with Crippen molar-refractivity contribution in [2.45, 2.75) is 109 Å². The molecule has 0 aliphatic heterocycles. The smallest absolute Gasteiger partial charge is 0.336 e. The maximum Gasteiger partial charge on any atom is 0.336 e. The van der Waals surface area contributed by atoms with Gasteiger partial charge in [0.1, 0.15) is 0 Å². The lowest BCUT2D eigenvalue weighted by Crippen LogP contribution is -2.59. The number of benzene rings is 1. The molecule has 0 aromatic heterocycles. The number of ether oxygens (including phenoxy) is 1. The molecule has 2 rings (SSSR count). The van der Waals surface area contributed by atoms with Gasteiger partial charge in [-0.1, -0.05) is 115 Å². The molecule has 0 spiro atoms. The number of carbonyl (C=O) groups is 2. The summed E-state index contributed by atoms with van der Waals surface area (Å²) in [5, 5.41) is 9.76. The highest BCUT2D eigenvalue weighted by Crippen LogP contribution is 2.50. The van der Waals surface area contributed by atoms with Crippen LogP contribution in [0, 0.1) is 5.92 Å². The monoisotopic (exact) mass is 518 g/mol. The maximum absolute atomic E-state index is 16.5. The van der Waals surface area contributed by atoms with Crippen LogP contribution in [0.3, 0.4) is 0 Å². The van der Waals surface area contributed by atoms with Crippen LogP contribution >= 0.6 is 0 Å². The largest absolute Gasteiger partial charge is 0.478 e. The average Bonchev–Trinajstić information content (AvgIpc) is 2.88. The topological polar surface area (TPSA) is 63.6 Å². The van der Waals surface area contributed by atoms with Crippen LogP contribution in [0.2, 0.25) is 0 Å². The number of Topliss-reactive ketones (excluding diaryl/α,β-unsaturated/α-hetero) is 1. The molecule has 37 heavy (non-hydrogen) atoms. The van der Waals surface area contributed by atoms with E-state index in [-0.39, 0.29) is 12.2 Å². The first-order valence-electron chi connectivity index (χ1n) is 14.0. The number of unbranched alkanes of at least 4 members (excludes halogenated alkanes) is 9. The standard InChI is InChI=1S/C31H44F2O4/c1-4-6-8-10-12-17-23-37-30(28(34)24(3)18-14-11-9-7-5-2)22-21-26(29(35)36)27(31(30,32)33)25-19-15-13-16-20-25/h13,15-16,19-22,24H,4-12,14,17-18,23H2,1-3H3,(H,35,36). The van der Waals surface area contributed by atoms with E-state index in [4.69, 9.17) is 4.74 Å². The summed E-state index contributed by atoms with van der Waals surface area (Å²) in [5.74, 6) is -6.65. The van der Waals surface area contributed by atoms with E-state index < -0.39 is 40.3 Å². The number of hydrogen-bond acceptors (Lipinski definition) is 3. The lowest BCUT2D eigenvalue weighted by molar-refractivity contribution is -0.177. The summed E-state index contributed by atoms with van der Waals surface area (Å²) in [6, 6.07) is 7.73. The molecule has 0 bridgehead atoms. The number of carbonyl (C=O) groups excluding carboxylic acids is 1. The molecular formula is C31H44F2O4. The predicted molar refractivity (Wildman–Crippen MR) is 145 cm³/mol. The molecule has 0 heterocycles. The molecule has 0 fully saturated rings. The Morgan fingerprint density at radius 2 is 1.46 bits per heavy atom. The van der Waals surface area contributed by atoms with E-state index in [1.165, 1.54) is 12.1 Å². The third-order valence-electron chi connectivity index (χ3n) is 7.21. The van der Waals surface area contributed by atoms with Gasteiger partial charge in [0.05, 0.1) is 5.57 Å². The third-order valence-corrected chi connectivity index (χ3v) is 7.21. The number of alkyl halides is 2. The van der Waals surface area contributed by atoms with Crippen molar-refractivity contribution in [3.8, 4) is 0 Å². The molecule has 0 radical (unpaired) electrons. The fourth-order valence-corrected chi connectivity index (χ4v) is 4.98. The highest BCUT2D eigenvalue weighted by atomic mass is 19.3. The molecule has 1 aromatic rings. The quantitative estimate of drug-likeness (QED) is 0.198. The molecule has 1 aliphatic carbocycles. The average molecular weight is 519 g/mol. The number of hydrogen-bond donors (Lipinski definition) is 1. The second-order valence-electron chi connectivity index (χ2n) is 10.2. The van der Waals surface area contributed by atoms with Crippen molar-refractivity contribution in [2.24, 2.45) is 5.92 Å². The summed E-state index contributed by atoms with van der Waals surface area (Å²) in [7, 11) is 0. The summed E-state index contributed by atoms with van der Waals surface area (Å²) >= 11 is 0. The van der Waals surface area contributed by atoms with Gasteiger partial charge in [-0.25, -0.2) is 4.79 Å². The number of carboxylic acid groups (broad SMARTS) is 1. The van der Waals surface area contributed by atoms with Crippen LogP contribution in [0.25, 0.3) is 5.57 Å². The lowest BCUT2D eigenvalue weighted by atomic mass is 9.73. The zero-order valence-corrected chi connectivity index (χ0v) is 22.7. The van der Waals surface area contributed by atoms with Crippen LogP contribution < -0.4 is 0 Å². The van der Waals surface area contributed by atoms with Gasteiger partial charge in [0.2, 0.25) is 5.60 Å². The van der Waals surface area contributed by atoms with Gasteiger partial charge in [-0.3, -0.25) is 4.79 Å². The summed E-state index contributed by atoms with van der Waals surface area (Å²) in [6.07, 6.45) is 13.3. The highest BCUT2D eigenvalue weighted by molar-refractivity contribution is 6.06. The fraction of sp³-hybridized carbons (Fsp3) is 0.613. The molecule has 2 unspecified atom stereocenters. The van der Waals surface area contributed by atoms with Gasteiger partial charge in [0.25, 0.3) is 0 Å². The van der Waals surface area contributed by atoms with E-state index in [1.54, 1.807) is 25.1 Å². The zero-order chi connectivity index (χ0) is 27.3. The first kappa shape index (κ1) is 30.9. The molecule has 0 amide bonds. The summed E-state index contributed by atoms with van der Waals surface area (Å²) in [6.45, 7) is 5.94. The van der Waals surface area contributed by atoms with Crippen molar-refractivity contribution in [2.75, 3.05) is 6.61 Å². The van der Waals surface area contributed by atoms with E-state index in [1.807, 2.05) is 0 Å². The Bertz CT molecular complexity index is 922. The molecule has 1 aromatic carbocycles. The number of carboxylic acids is 1. The van der Waals surface area contributed by atoms with Gasteiger partial charge in [-0.05, 0) is 30.6 Å². The molecule has 0 saturated heterocycles. The lowest BCUT2D eigenvalue weighted by Gasteiger charge is -2.42. The summed E-state index contributed by atoms with van der Waals surface area (Å²) < 4.78 is 39.0. The summed E-state index contributed by atoms with van der Waals surface area (Å²) in [4.78, 5) is 25.8. The van der Waals surface area contributed by atoms with Crippen LogP contribution in [-0.4, -0.2) is 35.0 Å². The van der Waals surface area contributed by atoms with E-state index in [0.29, 0.717) is 12.8 Å². The van der Waals surface area contributed by atoms with Crippen molar-refractivity contribution in [1.29, 1.82) is 0 Å². The van der Waals surface area contributed by atoms with Gasteiger partial charge in [0.15, 0.2) is 5.78 Å². The molecule has 6 heteroatoms. The molecule has 1 aliphatic rings. The van der Waals surface area contributed by atoms with E-state index >= 15 is 8.78 Å². The van der Waals surface area contributed by atoms with E-state index in [9.17, 15) is 14.7 Å². The summed E-state index contributed by atoms with van der Waals surface area (Å²) in [5.41, 5.74) is -3.66. The minimum Gasteiger partial charge on any atom is -0.478 e. The van der Waals surface area contributed by atoms with Crippen LogP contribution in [-0.2, 0) is 14.3 Å². The van der Waals surface area contributed by atoms with Crippen LogP contribution in [0.5, 0.6) is 0 Å². The van der Waals surface area contributed by atoms with Crippen LogP contribution in [0.15, 0.2) is 48.1 Å². The molecule has 1 N–H and O–H groups in total. The van der Waals surface area contributed by atoms with Gasteiger partial charge in [-0.15, -0.1) is 0 Å². The molecule has 4 nitrogen and oxygen atoms in total. The Morgan fingerprint density at radius 3 is 2.05 bits per heavy atom. The Balaban J connectivity index is 2.37. The van der Waals surface area contributed by atoms with Crippen LogP contribution in [0.4, 0.5) is 8.78 Å². The van der Waals surface area contributed by atoms with Crippen molar-refractivity contribution < 1.29 is 28.2 Å². The molecule has 0 saturated carbocycles. The van der Waals surface area contributed by atoms with Gasteiger partial charge >= 0.3 is 11.9 Å². The van der Waals surface area contributed by atoms with Crippen molar-refractivity contribution in [3.63, 3.8) is 0 Å². The Labute approximate surface area is 221 Å². The molecule has 206 valence electrons. The Morgan fingerprint density at radius 1 is 0.892 bits per heavy atom. The van der Waals surface area contributed by atoms with Crippen molar-refractivity contribution >= 4 is 17.3 Å². The fourth-order valence-electron chi connectivity index (χ4n) is 4.98. The van der Waals surface area contributed by atoms with Crippen molar-refractivity contribution in [3.05, 3.63) is 53.6 Å². The van der Waals surface area contributed by atoms with Gasteiger partial charge < -0.3 is 9.84 Å². The second-order valence-corrected chi connectivity index (χ2v) is 10.2. The number of ketones is 1. The number of rotatable bonds is 18. The second kappa shape index (κ2) is 15.2. The van der Waals surface area contributed by atoms with Crippen molar-refractivity contribution in [1.82, 2.24) is 0 Å². The number of aliphatic carboxylic acids is 1. The van der Waals surface area contributed by atoms with E-state index in [0.717, 1.165) is 76.4 Å². The molecule has 2 atom stereocenters. The first-order valence-corrected chi connectivity index (χ1v) is 14.0.